The van der Waals surface area contributed by atoms with Crippen LogP contribution in [0.3, 0.4) is 0 Å². The van der Waals surface area contributed by atoms with Gasteiger partial charge in [0.25, 0.3) is 0 Å². The summed E-state index contributed by atoms with van der Waals surface area (Å²) >= 11 is 0. The lowest BCUT2D eigenvalue weighted by Crippen LogP contribution is -2.45. The van der Waals surface area contributed by atoms with E-state index >= 15 is 0 Å². The van der Waals surface area contributed by atoms with Crippen molar-refractivity contribution in [2.75, 3.05) is 11.9 Å². The molecule has 0 aliphatic carbocycles. The molecule has 0 saturated carbocycles. The number of guanidine groups is 1. The smallest absolute Gasteiger partial charge is 0.246 e. The summed E-state index contributed by atoms with van der Waals surface area (Å²) in [5.41, 5.74) is 17.9. The second-order valence-corrected chi connectivity index (χ2v) is 8.38. The number of benzene rings is 3. The Labute approximate surface area is 203 Å². The molecule has 184 valence electrons. The maximum atomic E-state index is 13.9. The highest BCUT2D eigenvalue weighted by molar-refractivity contribution is 5.99. The van der Waals surface area contributed by atoms with Gasteiger partial charge >= 0.3 is 0 Å². The van der Waals surface area contributed by atoms with Gasteiger partial charge in [0.05, 0.1) is 0 Å². The van der Waals surface area contributed by atoms with E-state index in [0.717, 1.165) is 10.8 Å². The van der Waals surface area contributed by atoms with Crippen LogP contribution in [0.4, 0.5) is 10.1 Å². The fourth-order valence-corrected chi connectivity index (χ4v) is 3.78. The molecule has 0 aliphatic heterocycles. The molecule has 8 nitrogen and oxygen atoms in total. The Kier molecular flexibility index (Phi) is 9.14. The number of nitrogens with zero attached hydrogens (tertiary/aromatic N) is 1. The largest absolute Gasteiger partial charge is 0.370 e. The zero-order valence-corrected chi connectivity index (χ0v) is 19.4. The predicted molar refractivity (Wildman–Crippen MR) is 137 cm³/mol. The number of rotatable bonds is 11. The van der Waals surface area contributed by atoms with E-state index in [1.807, 2.05) is 42.5 Å². The SMILES string of the molecule is NC(N)=NCCC[C@H](NC(=O)C[C@@H](N)Cc1ccccc1F)C(=O)Nc1ccc2ccccc2c1. The summed E-state index contributed by atoms with van der Waals surface area (Å²) in [6.45, 7) is 0.324. The number of hydrogen-bond donors (Lipinski definition) is 5. The summed E-state index contributed by atoms with van der Waals surface area (Å²) in [7, 11) is 0. The number of carbonyl (C=O) groups excluding carboxylic acids is 2. The van der Waals surface area contributed by atoms with Gasteiger partial charge in [-0.25, -0.2) is 4.39 Å². The van der Waals surface area contributed by atoms with Crippen molar-refractivity contribution in [3.63, 3.8) is 0 Å². The predicted octanol–water partition coefficient (Wildman–Crippen LogP) is 2.42. The van der Waals surface area contributed by atoms with Crippen LogP contribution in [-0.2, 0) is 16.0 Å². The van der Waals surface area contributed by atoms with Crippen LogP contribution < -0.4 is 27.8 Å². The first-order chi connectivity index (χ1) is 16.8. The molecule has 0 radical (unpaired) electrons. The van der Waals surface area contributed by atoms with Crippen molar-refractivity contribution in [1.29, 1.82) is 0 Å². The fraction of sp³-hybridized carbons (Fsp3) is 0.269. The third-order valence-corrected chi connectivity index (χ3v) is 5.50. The summed E-state index contributed by atoms with van der Waals surface area (Å²) in [6.07, 6.45) is 0.959. The number of nitrogens with two attached hydrogens (primary N) is 3. The van der Waals surface area contributed by atoms with Gasteiger partial charge < -0.3 is 27.8 Å². The third-order valence-electron chi connectivity index (χ3n) is 5.50. The second-order valence-electron chi connectivity index (χ2n) is 8.38. The molecule has 0 aromatic heterocycles. The monoisotopic (exact) mass is 478 g/mol. The van der Waals surface area contributed by atoms with Crippen molar-refractivity contribution < 1.29 is 14.0 Å². The molecule has 0 aliphatic rings. The van der Waals surface area contributed by atoms with Crippen LogP contribution in [0.25, 0.3) is 10.8 Å². The van der Waals surface area contributed by atoms with Crippen molar-refractivity contribution in [2.24, 2.45) is 22.2 Å². The number of halogens is 1. The van der Waals surface area contributed by atoms with Crippen LogP contribution in [0.15, 0.2) is 71.7 Å². The molecule has 8 N–H and O–H groups in total. The third kappa shape index (κ3) is 8.08. The van der Waals surface area contributed by atoms with Crippen LogP contribution in [0.2, 0.25) is 0 Å². The van der Waals surface area contributed by atoms with E-state index < -0.39 is 18.0 Å². The van der Waals surface area contributed by atoms with Crippen LogP contribution in [0.5, 0.6) is 0 Å². The van der Waals surface area contributed by atoms with Gasteiger partial charge in [0, 0.05) is 24.7 Å². The Morgan fingerprint density at radius 3 is 2.43 bits per heavy atom. The minimum Gasteiger partial charge on any atom is -0.370 e. The van der Waals surface area contributed by atoms with Gasteiger partial charge in [-0.05, 0) is 53.8 Å². The molecule has 0 bridgehead atoms. The van der Waals surface area contributed by atoms with Gasteiger partial charge in [0.15, 0.2) is 5.96 Å². The molecule has 0 spiro atoms. The molecule has 9 heteroatoms. The van der Waals surface area contributed by atoms with Crippen molar-refractivity contribution >= 4 is 34.2 Å². The normalized spacial score (nSPS) is 12.5. The van der Waals surface area contributed by atoms with Crippen LogP contribution in [-0.4, -0.2) is 36.4 Å². The molecule has 2 atom stereocenters. The Morgan fingerprint density at radius 1 is 0.971 bits per heavy atom. The van der Waals surface area contributed by atoms with E-state index in [0.29, 0.717) is 30.6 Å². The Bertz CT molecular complexity index is 1200. The van der Waals surface area contributed by atoms with Gasteiger partial charge in [-0.1, -0.05) is 48.5 Å². The first-order valence-electron chi connectivity index (χ1n) is 11.4. The molecule has 0 saturated heterocycles. The Hall–Kier alpha value is -3.98. The van der Waals surface area contributed by atoms with Crippen LogP contribution in [0, 0.1) is 5.82 Å². The van der Waals surface area contributed by atoms with E-state index in [1.165, 1.54) is 6.07 Å². The number of fused-ring (bicyclic) bond motifs is 1. The van der Waals surface area contributed by atoms with E-state index in [9.17, 15) is 14.0 Å². The Morgan fingerprint density at radius 2 is 1.69 bits per heavy atom. The maximum Gasteiger partial charge on any atom is 0.246 e. The van der Waals surface area contributed by atoms with Crippen molar-refractivity contribution in [1.82, 2.24) is 5.32 Å². The Balaban J connectivity index is 1.64. The summed E-state index contributed by atoms with van der Waals surface area (Å²) in [4.78, 5) is 29.7. The first kappa shape index (κ1) is 25.6. The minimum atomic E-state index is -0.816. The molecule has 3 aromatic rings. The summed E-state index contributed by atoms with van der Waals surface area (Å²) in [6, 6.07) is 18.3. The van der Waals surface area contributed by atoms with E-state index in [2.05, 4.69) is 15.6 Å². The summed E-state index contributed by atoms with van der Waals surface area (Å²) in [5, 5.41) is 7.66. The first-order valence-corrected chi connectivity index (χ1v) is 11.4. The summed E-state index contributed by atoms with van der Waals surface area (Å²) in [5.74, 6) is -1.16. The van der Waals surface area contributed by atoms with Crippen molar-refractivity contribution in [3.8, 4) is 0 Å². The number of amides is 2. The zero-order valence-electron chi connectivity index (χ0n) is 19.4. The number of aliphatic imine (C=N–C) groups is 1. The highest BCUT2D eigenvalue weighted by Gasteiger charge is 2.22. The fourth-order valence-electron chi connectivity index (χ4n) is 3.78. The molecule has 35 heavy (non-hydrogen) atoms. The molecule has 0 unspecified atom stereocenters. The van der Waals surface area contributed by atoms with Crippen molar-refractivity contribution in [3.05, 3.63) is 78.1 Å². The van der Waals surface area contributed by atoms with E-state index in [4.69, 9.17) is 17.2 Å². The molecule has 3 aromatic carbocycles. The van der Waals surface area contributed by atoms with Crippen LogP contribution in [0.1, 0.15) is 24.8 Å². The molecule has 2 amide bonds. The zero-order chi connectivity index (χ0) is 25.2. The second kappa shape index (κ2) is 12.5. The lowest BCUT2D eigenvalue weighted by atomic mass is 10.0. The van der Waals surface area contributed by atoms with Gasteiger partial charge in [-0.15, -0.1) is 0 Å². The van der Waals surface area contributed by atoms with E-state index in [1.54, 1.807) is 18.2 Å². The number of anilines is 1. The van der Waals surface area contributed by atoms with Gasteiger partial charge in [-0.2, -0.15) is 0 Å². The lowest BCUT2D eigenvalue weighted by molar-refractivity contribution is -0.126. The molecular weight excluding hydrogens is 447 g/mol. The van der Waals surface area contributed by atoms with E-state index in [-0.39, 0.29) is 30.5 Å². The summed E-state index contributed by atoms with van der Waals surface area (Å²) < 4.78 is 13.9. The maximum absolute atomic E-state index is 13.9. The molecular formula is C26H31FN6O2. The molecule has 0 heterocycles. The van der Waals surface area contributed by atoms with Crippen molar-refractivity contribution in [2.45, 2.75) is 37.8 Å². The van der Waals surface area contributed by atoms with Gasteiger partial charge in [0.1, 0.15) is 11.9 Å². The average Bonchev–Trinajstić information content (AvgIpc) is 2.82. The number of carbonyl (C=O) groups is 2. The lowest BCUT2D eigenvalue weighted by Gasteiger charge is -2.20. The highest BCUT2D eigenvalue weighted by atomic mass is 19.1. The minimum absolute atomic E-state index is 0.0367. The average molecular weight is 479 g/mol. The molecule has 3 rings (SSSR count). The standard InChI is InChI=1S/C26H31FN6O2/c27-22-9-4-3-8-19(22)14-20(28)16-24(34)33-23(10-5-13-31-26(29)30)25(35)32-21-12-11-17-6-1-2-7-18(17)15-21/h1-4,6-9,11-12,15,20,23H,5,10,13-14,16,28H2,(H,32,35)(H,33,34)(H4,29,30,31)/t20-,23-/m0/s1. The highest BCUT2D eigenvalue weighted by Crippen LogP contribution is 2.19. The molecule has 0 fully saturated rings. The topological polar surface area (TPSA) is 149 Å². The van der Waals surface area contributed by atoms with Gasteiger partial charge in [0.2, 0.25) is 11.8 Å². The van der Waals surface area contributed by atoms with Gasteiger partial charge in [-0.3, -0.25) is 14.6 Å². The number of nitrogens with one attached hydrogen (secondary N) is 2. The number of hydrogen-bond acceptors (Lipinski definition) is 4. The van der Waals surface area contributed by atoms with Crippen LogP contribution >= 0.6 is 0 Å². The quantitative estimate of drug-likeness (QED) is 0.163.